The summed E-state index contributed by atoms with van der Waals surface area (Å²) in [6.07, 6.45) is 0. The van der Waals surface area contributed by atoms with Gasteiger partial charge in [0, 0.05) is 17.3 Å². The zero-order valence-corrected chi connectivity index (χ0v) is 7.95. The third-order valence-electron chi connectivity index (χ3n) is 0.733. The first kappa shape index (κ1) is 11.5. The molecule has 0 heterocycles. The van der Waals surface area contributed by atoms with Crippen molar-refractivity contribution in [1.29, 1.82) is 0 Å². The summed E-state index contributed by atoms with van der Waals surface area (Å²) in [4.78, 5) is 0. The summed E-state index contributed by atoms with van der Waals surface area (Å²) >= 11 is 6.26. The molecular formula is C4H8ClO4S2-. The molecule has 1 unspecified atom stereocenters. The van der Waals surface area contributed by atoms with Crippen molar-refractivity contribution in [2.45, 2.75) is 5.56 Å². The summed E-state index contributed by atoms with van der Waals surface area (Å²) < 4.78 is 30.0. The van der Waals surface area contributed by atoms with Crippen molar-refractivity contribution < 1.29 is 18.1 Å². The van der Waals surface area contributed by atoms with Crippen LogP contribution < -0.4 is 0 Å². The number of aliphatic hydroxyl groups is 1. The molecule has 0 aliphatic rings. The minimum Gasteiger partial charge on any atom is -0.748 e. The lowest BCUT2D eigenvalue weighted by molar-refractivity contribution is 0.281. The predicted molar refractivity (Wildman–Crippen MR) is 43.7 cm³/mol. The highest BCUT2D eigenvalue weighted by Crippen LogP contribution is 2.05. The standard InChI is InChI=1S/C4H9ClO4S2/c5-4(6)3-10-1-2-11(7,8)9/h4,6H,1-3H2,(H,7,8,9)/p-1. The van der Waals surface area contributed by atoms with E-state index in [2.05, 4.69) is 0 Å². The van der Waals surface area contributed by atoms with Crippen molar-refractivity contribution >= 4 is 33.5 Å². The van der Waals surface area contributed by atoms with E-state index in [-0.39, 0.29) is 11.5 Å². The molecule has 0 spiro atoms. The average molecular weight is 220 g/mol. The maximum absolute atomic E-state index is 10.0. The van der Waals surface area contributed by atoms with Gasteiger partial charge in [-0.05, 0) is 0 Å². The smallest absolute Gasteiger partial charge is 0.136 e. The van der Waals surface area contributed by atoms with Crippen molar-refractivity contribution in [2.75, 3.05) is 17.3 Å². The molecule has 0 aliphatic carbocycles. The molecule has 0 bridgehead atoms. The molecule has 1 N–H and O–H groups in total. The van der Waals surface area contributed by atoms with E-state index in [0.717, 1.165) is 11.8 Å². The van der Waals surface area contributed by atoms with Gasteiger partial charge in [-0.25, -0.2) is 8.42 Å². The van der Waals surface area contributed by atoms with E-state index in [1.807, 2.05) is 0 Å². The molecule has 0 saturated heterocycles. The summed E-state index contributed by atoms with van der Waals surface area (Å²) in [5.74, 6) is -0.00599. The summed E-state index contributed by atoms with van der Waals surface area (Å²) in [6, 6.07) is 0. The second-order valence-corrected chi connectivity index (χ2v) is 4.95. The molecule has 0 amide bonds. The van der Waals surface area contributed by atoms with Gasteiger partial charge in [-0.2, -0.15) is 11.8 Å². The largest absolute Gasteiger partial charge is 0.748 e. The van der Waals surface area contributed by atoms with Crippen LogP contribution in [0.2, 0.25) is 0 Å². The van der Waals surface area contributed by atoms with Gasteiger partial charge in [-0.3, -0.25) is 0 Å². The van der Waals surface area contributed by atoms with Crippen LogP contribution >= 0.6 is 23.4 Å². The molecule has 0 aliphatic heterocycles. The van der Waals surface area contributed by atoms with Crippen LogP contribution in [-0.2, 0) is 10.1 Å². The highest BCUT2D eigenvalue weighted by atomic mass is 35.5. The van der Waals surface area contributed by atoms with E-state index < -0.39 is 21.4 Å². The fourth-order valence-corrected chi connectivity index (χ4v) is 2.26. The van der Waals surface area contributed by atoms with Gasteiger partial charge in [0.15, 0.2) is 0 Å². The van der Waals surface area contributed by atoms with Crippen LogP contribution in [-0.4, -0.2) is 40.9 Å². The third kappa shape index (κ3) is 10.5. The highest BCUT2D eigenvalue weighted by molar-refractivity contribution is 8.00. The van der Waals surface area contributed by atoms with Crippen molar-refractivity contribution in [1.82, 2.24) is 0 Å². The minimum atomic E-state index is -4.12. The lowest BCUT2D eigenvalue weighted by Crippen LogP contribution is -2.08. The average Bonchev–Trinajstić information content (AvgIpc) is 1.78. The fraction of sp³-hybridized carbons (Fsp3) is 1.00. The number of halogens is 1. The Kier molecular flexibility index (Phi) is 5.45. The van der Waals surface area contributed by atoms with Gasteiger partial charge in [0.2, 0.25) is 0 Å². The van der Waals surface area contributed by atoms with Crippen LogP contribution in [0.5, 0.6) is 0 Å². The zero-order valence-electron chi connectivity index (χ0n) is 5.57. The Morgan fingerprint density at radius 1 is 1.64 bits per heavy atom. The van der Waals surface area contributed by atoms with Gasteiger partial charge in [0.25, 0.3) is 0 Å². The van der Waals surface area contributed by atoms with Crippen LogP contribution in [0.3, 0.4) is 0 Å². The Bertz CT molecular complexity index is 188. The van der Waals surface area contributed by atoms with Gasteiger partial charge in [0.1, 0.15) is 5.56 Å². The Labute approximate surface area is 74.7 Å². The summed E-state index contributed by atoms with van der Waals surface area (Å²) in [5.41, 5.74) is -0.977. The Hall–Kier alpha value is 0.510. The van der Waals surface area contributed by atoms with Gasteiger partial charge >= 0.3 is 0 Å². The van der Waals surface area contributed by atoms with E-state index in [1.165, 1.54) is 0 Å². The lowest BCUT2D eigenvalue weighted by atomic mass is 10.9. The van der Waals surface area contributed by atoms with E-state index in [1.54, 1.807) is 0 Å². The molecule has 0 aromatic rings. The van der Waals surface area contributed by atoms with Crippen LogP contribution in [0.4, 0.5) is 0 Å². The Morgan fingerprint density at radius 3 is 2.55 bits per heavy atom. The lowest BCUT2D eigenvalue weighted by Gasteiger charge is -2.05. The van der Waals surface area contributed by atoms with Gasteiger partial charge in [-0.15, -0.1) is 0 Å². The first-order chi connectivity index (χ1) is 4.92. The van der Waals surface area contributed by atoms with E-state index in [0.29, 0.717) is 0 Å². The second-order valence-electron chi connectivity index (χ2n) is 1.77. The van der Waals surface area contributed by atoms with E-state index >= 15 is 0 Å². The molecule has 68 valence electrons. The Balaban J connectivity index is 3.30. The molecule has 0 radical (unpaired) electrons. The molecule has 7 heteroatoms. The highest BCUT2D eigenvalue weighted by Gasteiger charge is 1.99. The molecule has 0 fully saturated rings. The van der Waals surface area contributed by atoms with Crippen molar-refractivity contribution in [2.24, 2.45) is 0 Å². The van der Waals surface area contributed by atoms with Crippen molar-refractivity contribution in [3.05, 3.63) is 0 Å². The topological polar surface area (TPSA) is 77.4 Å². The van der Waals surface area contributed by atoms with E-state index in [4.69, 9.17) is 16.7 Å². The number of thioether (sulfide) groups is 1. The van der Waals surface area contributed by atoms with Crippen LogP contribution in [0.25, 0.3) is 0 Å². The quantitative estimate of drug-likeness (QED) is 0.394. The molecule has 0 saturated carbocycles. The number of hydrogen-bond donors (Lipinski definition) is 1. The minimum absolute atomic E-state index is 0.176. The van der Waals surface area contributed by atoms with Gasteiger partial charge < -0.3 is 9.66 Å². The molecule has 0 aromatic heterocycles. The van der Waals surface area contributed by atoms with Crippen molar-refractivity contribution in [3.63, 3.8) is 0 Å². The number of aliphatic hydroxyl groups excluding tert-OH is 1. The van der Waals surface area contributed by atoms with Crippen LogP contribution in [0.15, 0.2) is 0 Å². The maximum Gasteiger partial charge on any atom is 0.136 e. The molecule has 1 atom stereocenters. The van der Waals surface area contributed by atoms with E-state index in [9.17, 15) is 13.0 Å². The normalized spacial score (nSPS) is 14.8. The SMILES string of the molecule is O=S(=O)([O-])CCSCC(O)Cl. The monoisotopic (exact) mass is 219 g/mol. The summed E-state index contributed by atoms with van der Waals surface area (Å²) in [5, 5.41) is 8.50. The zero-order chi connectivity index (χ0) is 8.91. The van der Waals surface area contributed by atoms with Gasteiger partial charge in [-0.1, -0.05) is 11.6 Å². The summed E-state index contributed by atoms with van der Waals surface area (Å²) in [6.45, 7) is 0. The molecule has 4 nitrogen and oxygen atoms in total. The molecule has 0 aromatic carbocycles. The van der Waals surface area contributed by atoms with Gasteiger partial charge in [0.05, 0.1) is 10.1 Å². The second kappa shape index (κ2) is 5.21. The Morgan fingerprint density at radius 2 is 2.18 bits per heavy atom. The molecule has 0 rings (SSSR count). The predicted octanol–water partition coefficient (Wildman–Crippen LogP) is -0.178. The van der Waals surface area contributed by atoms with Crippen LogP contribution in [0.1, 0.15) is 0 Å². The number of rotatable bonds is 5. The maximum atomic E-state index is 10.0. The first-order valence-electron chi connectivity index (χ1n) is 2.75. The first-order valence-corrected chi connectivity index (χ1v) is 5.92. The fourth-order valence-electron chi connectivity index (χ4n) is 0.342. The molecule has 11 heavy (non-hydrogen) atoms. The molecular weight excluding hydrogens is 212 g/mol. The number of hydrogen-bond acceptors (Lipinski definition) is 5. The van der Waals surface area contributed by atoms with Crippen LogP contribution in [0, 0.1) is 0 Å². The van der Waals surface area contributed by atoms with Crippen molar-refractivity contribution in [3.8, 4) is 0 Å². The summed E-state index contributed by atoms with van der Waals surface area (Å²) in [7, 11) is -4.12. The number of alkyl halides is 1. The third-order valence-corrected chi connectivity index (χ3v) is 3.08.